The highest BCUT2D eigenvalue weighted by atomic mass is 32.1. The fraction of sp³-hybridized carbons (Fsp3) is 0.400. The normalized spacial score (nSPS) is 17.6. The molecular formula is C10H10F3N3S. The Labute approximate surface area is 101 Å². The van der Waals surface area contributed by atoms with Gasteiger partial charge >= 0.3 is 6.18 Å². The molecule has 2 rings (SSSR count). The third-order valence-corrected chi connectivity index (χ3v) is 2.94. The minimum Gasteiger partial charge on any atom is -0.389 e. The Balaban J connectivity index is 2.20. The lowest BCUT2D eigenvalue weighted by molar-refractivity contribution is -0.151. The van der Waals surface area contributed by atoms with Crippen LogP contribution in [0.4, 0.5) is 19.0 Å². The van der Waals surface area contributed by atoms with Crippen LogP contribution in [0.5, 0.6) is 0 Å². The number of nitrogens with two attached hydrogens (primary N) is 1. The van der Waals surface area contributed by atoms with E-state index in [0.29, 0.717) is 5.56 Å². The Hall–Kier alpha value is -1.37. The van der Waals surface area contributed by atoms with Crippen molar-refractivity contribution in [2.75, 3.05) is 5.32 Å². The number of halogens is 3. The van der Waals surface area contributed by atoms with Crippen molar-refractivity contribution in [1.82, 2.24) is 4.98 Å². The van der Waals surface area contributed by atoms with Gasteiger partial charge in [-0.1, -0.05) is 12.2 Å². The van der Waals surface area contributed by atoms with E-state index in [-0.39, 0.29) is 23.6 Å². The summed E-state index contributed by atoms with van der Waals surface area (Å²) in [6.45, 7) is 0. The molecule has 7 heteroatoms. The van der Waals surface area contributed by atoms with Crippen molar-refractivity contribution in [2.24, 2.45) is 5.73 Å². The molecule has 0 saturated heterocycles. The molecule has 17 heavy (non-hydrogen) atoms. The summed E-state index contributed by atoms with van der Waals surface area (Å²) in [5.74, 6) is 0.144. The average molecular weight is 261 g/mol. The molecule has 1 heterocycles. The maximum Gasteiger partial charge on any atom is 0.411 e. The van der Waals surface area contributed by atoms with Gasteiger partial charge in [-0.25, -0.2) is 4.98 Å². The SMILES string of the molecule is NC(=S)c1ccnc(NC2(C(F)(F)F)CC2)c1. The number of thiocarbonyl (C=S) groups is 1. The second-order valence-corrected chi connectivity index (χ2v) is 4.44. The van der Waals surface area contributed by atoms with E-state index in [1.54, 1.807) is 6.07 Å². The molecule has 0 radical (unpaired) electrons. The van der Waals surface area contributed by atoms with E-state index < -0.39 is 11.7 Å². The van der Waals surface area contributed by atoms with E-state index in [1.165, 1.54) is 12.3 Å². The van der Waals surface area contributed by atoms with Crippen LogP contribution in [0.25, 0.3) is 0 Å². The second-order valence-electron chi connectivity index (χ2n) is 4.00. The van der Waals surface area contributed by atoms with Gasteiger partial charge in [0, 0.05) is 11.8 Å². The number of alkyl halides is 3. The van der Waals surface area contributed by atoms with Gasteiger partial charge in [0.1, 0.15) is 16.3 Å². The van der Waals surface area contributed by atoms with E-state index >= 15 is 0 Å². The van der Waals surface area contributed by atoms with E-state index in [2.05, 4.69) is 10.3 Å². The van der Waals surface area contributed by atoms with Gasteiger partial charge < -0.3 is 11.1 Å². The molecule has 1 aromatic rings. The molecule has 3 N–H and O–H groups in total. The number of hydrogen-bond donors (Lipinski definition) is 2. The molecule has 3 nitrogen and oxygen atoms in total. The molecule has 1 aliphatic rings. The first kappa shape index (κ1) is 12.1. The summed E-state index contributed by atoms with van der Waals surface area (Å²) in [5, 5.41) is 2.41. The highest BCUT2D eigenvalue weighted by molar-refractivity contribution is 7.80. The molecule has 0 atom stereocenters. The van der Waals surface area contributed by atoms with Crippen LogP contribution in [0.15, 0.2) is 18.3 Å². The molecular weight excluding hydrogens is 251 g/mol. The summed E-state index contributed by atoms with van der Waals surface area (Å²) in [5.41, 5.74) is 4.07. The van der Waals surface area contributed by atoms with Crippen LogP contribution < -0.4 is 11.1 Å². The predicted molar refractivity (Wildman–Crippen MR) is 61.8 cm³/mol. The lowest BCUT2D eigenvalue weighted by atomic mass is 10.2. The van der Waals surface area contributed by atoms with Gasteiger partial charge in [-0.15, -0.1) is 0 Å². The molecule has 1 aromatic heterocycles. The topological polar surface area (TPSA) is 50.9 Å². The lowest BCUT2D eigenvalue weighted by Crippen LogP contribution is -2.39. The summed E-state index contributed by atoms with van der Waals surface area (Å²) >= 11 is 4.75. The Kier molecular flexibility index (Phi) is 2.73. The zero-order valence-corrected chi connectivity index (χ0v) is 9.53. The Morgan fingerprint density at radius 2 is 2.12 bits per heavy atom. The maximum atomic E-state index is 12.7. The Bertz CT molecular complexity index is 454. The van der Waals surface area contributed by atoms with Crippen molar-refractivity contribution in [2.45, 2.75) is 24.6 Å². The van der Waals surface area contributed by atoms with Crippen molar-refractivity contribution >= 4 is 23.0 Å². The van der Waals surface area contributed by atoms with Crippen molar-refractivity contribution in [1.29, 1.82) is 0 Å². The molecule has 0 aliphatic heterocycles. The number of rotatable bonds is 3. The number of nitrogens with one attached hydrogen (secondary N) is 1. The molecule has 0 unspecified atom stereocenters. The molecule has 1 saturated carbocycles. The van der Waals surface area contributed by atoms with Crippen molar-refractivity contribution in [3.63, 3.8) is 0 Å². The van der Waals surface area contributed by atoms with Crippen LogP contribution in [0, 0.1) is 0 Å². The minimum atomic E-state index is -4.27. The zero-order valence-electron chi connectivity index (χ0n) is 8.71. The Morgan fingerprint density at radius 1 is 1.47 bits per heavy atom. The summed E-state index contributed by atoms with van der Waals surface area (Å²) in [7, 11) is 0. The quantitative estimate of drug-likeness (QED) is 0.819. The van der Waals surface area contributed by atoms with Crippen LogP contribution in [-0.4, -0.2) is 21.7 Å². The highest BCUT2D eigenvalue weighted by Gasteiger charge is 2.63. The lowest BCUT2D eigenvalue weighted by Gasteiger charge is -2.21. The van der Waals surface area contributed by atoms with Gasteiger partial charge in [-0.3, -0.25) is 0 Å². The standard InChI is InChI=1S/C10H10F3N3S/c11-10(12,13)9(2-3-9)16-7-5-6(8(14)17)1-4-15-7/h1,4-5H,2-3H2,(H2,14,17)(H,15,16). The fourth-order valence-electron chi connectivity index (χ4n) is 1.50. The predicted octanol–water partition coefficient (Wildman–Crippen LogP) is 2.22. The molecule has 1 aliphatic carbocycles. The molecule has 0 spiro atoms. The highest BCUT2D eigenvalue weighted by Crippen LogP contribution is 2.50. The third kappa shape index (κ3) is 2.33. The third-order valence-electron chi connectivity index (χ3n) is 2.70. The average Bonchev–Trinajstić information content (AvgIpc) is 2.98. The fourth-order valence-corrected chi connectivity index (χ4v) is 1.63. The van der Waals surface area contributed by atoms with Gasteiger partial charge in [0.05, 0.1) is 0 Å². The number of aromatic nitrogens is 1. The number of nitrogens with zero attached hydrogens (tertiary/aromatic N) is 1. The summed E-state index contributed by atoms with van der Waals surface area (Å²) in [4.78, 5) is 3.97. The number of pyridine rings is 1. The zero-order chi connectivity index (χ0) is 12.7. The van der Waals surface area contributed by atoms with Gasteiger partial charge in [-0.2, -0.15) is 13.2 Å². The van der Waals surface area contributed by atoms with Gasteiger partial charge in [0.25, 0.3) is 0 Å². The van der Waals surface area contributed by atoms with E-state index in [4.69, 9.17) is 18.0 Å². The van der Waals surface area contributed by atoms with Crippen LogP contribution in [0.3, 0.4) is 0 Å². The molecule has 92 valence electrons. The van der Waals surface area contributed by atoms with Crippen LogP contribution in [0.2, 0.25) is 0 Å². The van der Waals surface area contributed by atoms with Crippen LogP contribution >= 0.6 is 12.2 Å². The van der Waals surface area contributed by atoms with E-state index in [1.807, 2.05) is 0 Å². The molecule has 0 aromatic carbocycles. The van der Waals surface area contributed by atoms with Crippen molar-refractivity contribution in [3.8, 4) is 0 Å². The van der Waals surface area contributed by atoms with Crippen molar-refractivity contribution in [3.05, 3.63) is 23.9 Å². The van der Waals surface area contributed by atoms with Gasteiger partial charge in [0.2, 0.25) is 0 Å². The minimum absolute atomic E-state index is 0.0650. The summed E-state index contributed by atoms with van der Waals surface area (Å²) in [6.07, 6.45) is -2.76. The monoisotopic (exact) mass is 261 g/mol. The first-order valence-electron chi connectivity index (χ1n) is 4.95. The molecule has 0 bridgehead atoms. The number of anilines is 1. The van der Waals surface area contributed by atoms with E-state index in [9.17, 15) is 13.2 Å². The first-order valence-corrected chi connectivity index (χ1v) is 5.36. The first-order chi connectivity index (χ1) is 7.84. The smallest absolute Gasteiger partial charge is 0.389 e. The van der Waals surface area contributed by atoms with Crippen LogP contribution in [0.1, 0.15) is 18.4 Å². The molecule has 1 fully saturated rings. The largest absolute Gasteiger partial charge is 0.411 e. The van der Waals surface area contributed by atoms with Gasteiger partial charge in [0.15, 0.2) is 0 Å². The van der Waals surface area contributed by atoms with Crippen LogP contribution in [-0.2, 0) is 0 Å². The molecule has 0 amide bonds. The van der Waals surface area contributed by atoms with E-state index in [0.717, 1.165) is 0 Å². The van der Waals surface area contributed by atoms with Crippen molar-refractivity contribution < 1.29 is 13.2 Å². The second kappa shape index (κ2) is 3.83. The number of hydrogen-bond acceptors (Lipinski definition) is 3. The summed E-state index contributed by atoms with van der Waals surface area (Å²) in [6, 6.07) is 2.98. The Morgan fingerprint density at radius 3 is 2.59 bits per heavy atom. The van der Waals surface area contributed by atoms with Gasteiger partial charge in [-0.05, 0) is 25.0 Å². The summed E-state index contributed by atoms with van der Waals surface area (Å²) < 4.78 is 38.1. The maximum absolute atomic E-state index is 12.7.